The number of nitrogens with zero attached hydrogens (tertiary/aromatic N) is 3. The van der Waals surface area contributed by atoms with E-state index in [4.69, 9.17) is 0 Å². The van der Waals surface area contributed by atoms with Gasteiger partial charge in [0.05, 0.1) is 6.21 Å². The van der Waals surface area contributed by atoms with Gasteiger partial charge in [-0.15, -0.1) is 0 Å². The van der Waals surface area contributed by atoms with Crippen LogP contribution in [0.5, 0.6) is 5.75 Å². The third-order valence-electron chi connectivity index (χ3n) is 3.28. The summed E-state index contributed by atoms with van der Waals surface area (Å²) < 4.78 is 1.20. The maximum Gasteiger partial charge on any atom is 0.364 e. The van der Waals surface area contributed by atoms with E-state index in [1.165, 1.54) is 10.9 Å². The Kier molecular flexibility index (Phi) is 3.27. The van der Waals surface area contributed by atoms with Crippen LogP contribution in [-0.2, 0) is 6.42 Å². The second-order valence-corrected chi connectivity index (χ2v) is 4.57. The minimum absolute atomic E-state index is 0.118. The summed E-state index contributed by atoms with van der Waals surface area (Å²) in [6.07, 6.45) is 2.06. The average molecular weight is 282 g/mol. The number of phenols is 1. The fourth-order valence-electron chi connectivity index (χ4n) is 2.21. The molecule has 2 N–H and O–H groups in total. The summed E-state index contributed by atoms with van der Waals surface area (Å²) in [5, 5.41) is 22.3. The fraction of sp³-hybridized carbons (Fsp3) is 0.133. The largest absolute Gasteiger partial charge is 0.507 e. The highest BCUT2D eigenvalue weighted by Crippen LogP contribution is 2.25. The van der Waals surface area contributed by atoms with Crippen molar-refractivity contribution < 1.29 is 5.11 Å². The third-order valence-corrected chi connectivity index (χ3v) is 3.28. The number of aromatic nitrogens is 3. The minimum atomic E-state index is -0.400. The topological polar surface area (TPSA) is 83.3 Å². The summed E-state index contributed by atoms with van der Waals surface area (Å²) in [5.74, 6) is 0.656. The van der Waals surface area contributed by atoms with Gasteiger partial charge in [0.15, 0.2) is 5.82 Å². The van der Waals surface area contributed by atoms with Gasteiger partial charge in [0, 0.05) is 12.0 Å². The molecule has 0 atom stereocenters. The lowest BCUT2D eigenvalue weighted by Gasteiger charge is -2.04. The Hall–Kier alpha value is -2.89. The van der Waals surface area contributed by atoms with Gasteiger partial charge in [-0.05, 0) is 16.8 Å². The van der Waals surface area contributed by atoms with Gasteiger partial charge in [-0.2, -0.15) is 14.9 Å². The van der Waals surface area contributed by atoms with Crippen LogP contribution in [0.25, 0.3) is 10.8 Å². The van der Waals surface area contributed by atoms with E-state index in [0.29, 0.717) is 17.8 Å². The van der Waals surface area contributed by atoms with Crippen LogP contribution in [0.1, 0.15) is 18.3 Å². The van der Waals surface area contributed by atoms with E-state index in [2.05, 4.69) is 15.3 Å². The Balaban J connectivity index is 2.13. The summed E-state index contributed by atoms with van der Waals surface area (Å²) >= 11 is 0. The first-order valence-corrected chi connectivity index (χ1v) is 6.62. The Morgan fingerprint density at radius 2 is 2.14 bits per heavy atom. The van der Waals surface area contributed by atoms with Crippen LogP contribution in [0.3, 0.4) is 0 Å². The lowest BCUT2D eigenvalue weighted by Crippen LogP contribution is -2.14. The van der Waals surface area contributed by atoms with Crippen molar-refractivity contribution in [3.05, 3.63) is 58.3 Å². The number of rotatable bonds is 3. The second kappa shape index (κ2) is 5.24. The summed E-state index contributed by atoms with van der Waals surface area (Å²) in [6, 6.07) is 11.1. The number of aromatic amines is 1. The molecule has 1 heterocycles. The smallest absolute Gasteiger partial charge is 0.364 e. The van der Waals surface area contributed by atoms with Crippen molar-refractivity contribution in [1.82, 2.24) is 14.9 Å². The maximum absolute atomic E-state index is 11.6. The molecule has 0 unspecified atom stereocenters. The highest BCUT2D eigenvalue weighted by Gasteiger charge is 2.07. The van der Waals surface area contributed by atoms with Gasteiger partial charge in [0.2, 0.25) is 0 Å². The first-order valence-electron chi connectivity index (χ1n) is 6.62. The Morgan fingerprint density at radius 1 is 1.33 bits per heavy atom. The molecule has 0 aliphatic carbocycles. The quantitative estimate of drug-likeness (QED) is 0.719. The molecule has 0 radical (unpaired) electrons. The van der Waals surface area contributed by atoms with E-state index in [0.717, 1.165) is 10.8 Å². The van der Waals surface area contributed by atoms with Gasteiger partial charge in [-0.3, -0.25) is 0 Å². The molecular weight excluding hydrogens is 268 g/mol. The van der Waals surface area contributed by atoms with Gasteiger partial charge < -0.3 is 5.11 Å². The molecule has 3 rings (SSSR count). The number of benzene rings is 2. The maximum atomic E-state index is 11.6. The number of H-pyrrole nitrogens is 1. The Morgan fingerprint density at radius 3 is 2.95 bits per heavy atom. The van der Waals surface area contributed by atoms with Crippen molar-refractivity contribution in [2.24, 2.45) is 5.10 Å². The normalized spacial score (nSPS) is 11.5. The zero-order valence-corrected chi connectivity index (χ0v) is 11.4. The van der Waals surface area contributed by atoms with Crippen LogP contribution in [0.4, 0.5) is 0 Å². The standard InChI is InChI=1S/C15H14N4O2/c1-2-14-17-18-15(21)19(14)16-9-12-11-6-4-3-5-10(11)7-8-13(12)20/h3-9,20H,2H2,1H3,(H,18,21)/b16-9+. The fourth-order valence-corrected chi connectivity index (χ4v) is 2.21. The highest BCUT2D eigenvalue weighted by molar-refractivity contribution is 6.02. The first kappa shape index (κ1) is 13.1. The first-order chi connectivity index (χ1) is 10.2. The molecule has 0 fully saturated rings. The molecule has 0 saturated carbocycles. The van der Waals surface area contributed by atoms with E-state index in [-0.39, 0.29) is 5.75 Å². The molecular formula is C15H14N4O2. The number of aromatic hydroxyl groups is 1. The molecule has 1 aromatic heterocycles. The number of fused-ring (bicyclic) bond motifs is 1. The molecule has 0 amide bonds. The van der Waals surface area contributed by atoms with E-state index in [1.807, 2.05) is 37.3 Å². The van der Waals surface area contributed by atoms with Gasteiger partial charge in [-0.1, -0.05) is 37.3 Å². The lowest BCUT2D eigenvalue weighted by atomic mass is 10.0. The van der Waals surface area contributed by atoms with Crippen molar-refractivity contribution in [2.45, 2.75) is 13.3 Å². The van der Waals surface area contributed by atoms with Gasteiger partial charge >= 0.3 is 5.69 Å². The van der Waals surface area contributed by atoms with E-state index in [1.54, 1.807) is 6.07 Å². The van der Waals surface area contributed by atoms with Crippen molar-refractivity contribution in [1.29, 1.82) is 0 Å². The predicted molar refractivity (Wildman–Crippen MR) is 80.8 cm³/mol. The molecule has 6 nitrogen and oxygen atoms in total. The Labute approximate surface area is 120 Å². The van der Waals surface area contributed by atoms with Crippen LogP contribution in [0, 0.1) is 0 Å². The number of phenolic OH excluding ortho intramolecular Hbond substituents is 1. The number of nitrogens with one attached hydrogen (secondary N) is 1. The van der Waals surface area contributed by atoms with E-state index in [9.17, 15) is 9.90 Å². The van der Waals surface area contributed by atoms with Gasteiger partial charge in [0.25, 0.3) is 0 Å². The summed E-state index contributed by atoms with van der Waals surface area (Å²) in [5.41, 5.74) is 0.172. The van der Waals surface area contributed by atoms with Crippen molar-refractivity contribution in [3.8, 4) is 5.75 Å². The highest BCUT2D eigenvalue weighted by atomic mass is 16.3. The van der Waals surface area contributed by atoms with Crippen LogP contribution >= 0.6 is 0 Å². The molecule has 0 spiro atoms. The van der Waals surface area contributed by atoms with Gasteiger partial charge in [-0.25, -0.2) is 9.89 Å². The van der Waals surface area contributed by atoms with E-state index >= 15 is 0 Å². The van der Waals surface area contributed by atoms with E-state index < -0.39 is 5.69 Å². The minimum Gasteiger partial charge on any atom is -0.507 e. The molecule has 6 heteroatoms. The van der Waals surface area contributed by atoms with Crippen LogP contribution in [0.15, 0.2) is 46.3 Å². The zero-order chi connectivity index (χ0) is 14.8. The molecule has 2 aromatic carbocycles. The van der Waals surface area contributed by atoms with Crippen LogP contribution in [0.2, 0.25) is 0 Å². The SMILES string of the molecule is CCc1n[nH]c(=O)n1/N=C/c1c(O)ccc2ccccc12. The zero-order valence-electron chi connectivity index (χ0n) is 11.4. The predicted octanol–water partition coefficient (Wildman–Crippen LogP) is 1.87. The molecule has 0 aliphatic heterocycles. The number of aryl methyl sites for hydroxylation is 1. The van der Waals surface area contributed by atoms with Crippen molar-refractivity contribution in [3.63, 3.8) is 0 Å². The molecule has 0 aliphatic rings. The summed E-state index contributed by atoms with van der Waals surface area (Å²) in [4.78, 5) is 11.6. The molecule has 0 saturated heterocycles. The molecule has 106 valence electrons. The van der Waals surface area contributed by atoms with Crippen molar-refractivity contribution >= 4 is 17.0 Å². The third kappa shape index (κ3) is 2.31. The number of hydrogen-bond donors (Lipinski definition) is 2. The molecule has 21 heavy (non-hydrogen) atoms. The van der Waals surface area contributed by atoms with Crippen LogP contribution < -0.4 is 5.69 Å². The van der Waals surface area contributed by atoms with Gasteiger partial charge in [0.1, 0.15) is 5.75 Å². The second-order valence-electron chi connectivity index (χ2n) is 4.57. The van der Waals surface area contributed by atoms with Crippen LogP contribution in [-0.4, -0.2) is 26.2 Å². The molecule has 3 aromatic rings. The summed E-state index contributed by atoms with van der Waals surface area (Å²) in [6.45, 7) is 1.89. The molecule has 0 bridgehead atoms. The lowest BCUT2D eigenvalue weighted by molar-refractivity contribution is 0.475. The van der Waals surface area contributed by atoms with Crippen molar-refractivity contribution in [2.75, 3.05) is 0 Å². The summed E-state index contributed by atoms with van der Waals surface area (Å²) in [7, 11) is 0. The average Bonchev–Trinajstić information content (AvgIpc) is 2.86. The Bertz CT molecular complexity index is 877. The monoisotopic (exact) mass is 282 g/mol. The number of hydrogen-bond acceptors (Lipinski definition) is 4.